The molecule has 1 unspecified atom stereocenters. The summed E-state index contributed by atoms with van der Waals surface area (Å²) in [5, 5.41) is 21.8. The molecule has 31 heavy (non-hydrogen) atoms. The third-order valence-corrected chi connectivity index (χ3v) is 6.36. The van der Waals surface area contributed by atoms with Crippen LogP contribution in [-0.4, -0.2) is 60.4 Å². The number of aliphatic hydroxyl groups excluding tert-OH is 1. The van der Waals surface area contributed by atoms with Crippen molar-refractivity contribution in [1.29, 1.82) is 0 Å². The number of nitro benzene ring substituents is 1. The number of β-amino-alcohol motifs (C(OH)–C–C–N with tert-alkyl or cyclic N) is 1. The normalized spacial score (nSPS) is 18.8. The number of nitro groups is 1. The van der Waals surface area contributed by atoms with Gasteiger partial charge < -0.3 is 19.6 Å². The van der Waals surface area contributed by atoms with Crippen molar-refractivity contribution < 1.29 is 14.8 Å². The fourth-order valence-electron chi connectivity index (χ4n) is 4.66. The van der Waals surface area contributed by atoms with E-state index in [4.69, 9.17) is 4.74 Å². The van der Waals surface area contributed by atoms with Crippen molar-refractivity contribution in [2.75, 3.05) is 44.2 Å². The lowest BCUT2D eigenvalue weighted by molar-refractivity contribution is -0.384. The van der Waals surface area contributed by atoms with E-state index in [-0.39, 0.29) is 12.3 Å². The number of benzene rings is 2. The van der Waals surface area contributed by atoms with Gasteiger partial charge in [0.05, 0.1) is 16.7 Å². The second-order valence-electron chi connectivity index (χ2n) is 8.55. The molecule has 0 aliphatic carbocycles. The Kier molecular flexibility index (Phi) is 7.04. The molecular formula is C24H31N3O4. The number of hydrogen-bond donors (Lipinski definition) is 1. The minimum absolute atomic E-state index is 0.00965. The molecule has 2 aromatic carbocycles. The van der Waals surface area contributed by atoms with Crippen molar-refractivity contribution in [1.82, 2.24) is 4.90 Å². The van der Waals surface area contributed by atoms with E-state index in [0.29, 0.717) is 18.2 Å². The summed E-state index contributed by atoms with van der Waals surface area (Å²) in [5.74, 6) is 1.07. The first-order valence-electron chi connectivity index (χ1n) is 11.2. The number of likely N-dealkylation sites (tertiary alicyclic amines) is 1. The second-order valence-corrected chi connectivity index (χ2v) is 8.55. The number of nitrogens with zero attached hydrogens (tertiary/aromatic N) is 3. The molecule has 0 bridgehead atoms. The van der Waals surface area contributed by atoms with Crippen LogP contribution in [0.15, 0.2) is 48.5 Å². The molecule has 2 saturated heterocycles. The summed E-state index contributed by atoms with van der Waals surface area (Å²) in [6.07, 6.45) is 3.75. The van der Waals surface area contributed by atoms with Crippen LogP contribution in [0.3, 0.4) is 0 Å². The monoisotopic (exact) mass is 425 g/mol. The first kappa shape index (κ1) is 21.6. The lowest BCUT2D eigenvalue weighted by Gasteiger charge is -2.33. The highest BCUT2D eigenvalue weighted by Gasteiger charge is 2.24. The van der Waals surface area contributed by atoms with Crippen LogP contribution in [0.5, 0.6) is 5.75 Å². The summed E-state index contributed by atoms with van der Waals surface area (Å²) < 4.78 is 5.91. The molecule has 2 heterocycles. The van der Waals surface area contributed by atoms with Gasteiger partial charge in [0.2, 0.25) is 0 Å². The molecule has 2 aromatic rings. The van der Waals surface area contributed by atoms with E-state index in [1.807, 2.05) is 6.07 Å². The third-order valence-electron chi connectivity index (χ3n) is 6.36. The first-order chi connectivity index (χ1) is 15.1. The summed E-state index contributed by atoms with van der Waals surface area (Å²) >= 11 is 0. The third kappa shape index (κ3) is 5.54. The largest absolute Gasteiger partial charge is 0.488 e. The van der Waals surface area contributed by atoms with Gasteiger partial charge in [-0.3, -0.25) is 10.1 Å². The van der Waals surface area contributed by atoms with E-state index in [2.05, 4.69) is 34.1 Å². The Bertz CT molecular complexity index is 862. The highest BCUT2D eigenvalue weighted by atomic mass is 16.6. The Morgan fingerprint density at radius 3 is 2.45 bits per heavy atom. The van der Waals surface area contributed by atoms with Crippen molar-refractivity contribution in [3.63, 3.8) is 0 Å². The molecule has 2 aliphatic rings. The quantitative estimate of drug-likeness (QED) is 0.512. The van der Waals surface area contributed by atoms with Crippen LogP contribution >= 0.6 is 0 Å². The molecule has 1 atom stereocenters. The van der Waals surface area contributed by atoms with E-state index < -0.39 is 11.0 Å². The zero-order chi connectivity index (χ0) is 21.6. The van der Waals surface area contributed by atoms with Gasteiger partial charge >= 0.3 is 0 Å². The first-order valence-corrected chi connectivity index (χ1v) is 11.2. The second kappa shape index (κ2) is 10.1. The van der Waals surface area contributed by atoms with E-state index in [1.54, 1.807) is 6.07 Å². The Morgan fingerprint density at radius 2 is 1.77 bits per heavy atom. The van der Waals surface area contributed by atoms with Crippen LogP contribution in [0.25, 0.3) is 0 Å². The number of non-ortho nitro benzene ring substituents is 1. The van der Waals surface area contributed by atoms with Crippen LogP contribution in [0.4, 0.5) is 11.4 Å². The van der Waals surface area contributed by atoms with Gasteiger partial charge in [-0.25, -0.2) is 0 Å². The maximum atomic E-state index is 11.2. The Morgan fingerprint density at radius 1 is 1.06 bits per heavy atom. The molecule has 1 N–H and O–H groups in total. The van der Waals surface area contributed by atoms with Crippen molar-refractivity contribution in [2.24, 2.45) is 0 Å². The molecule has 0 radical (unpaired) electrons. The predicted octanol–water partition coefficient (Wildman–Crippen LogP) is 3.81. The number of hydrogen-bond acceptors (Lipinski definition) is 6. The lowest BCUT2D eigenvalue weighted by atomic mass is 9.89. The Labute approximate surface area is 183 Å². The van der Waals surface area contributed by atoms with Gasteiger partial charge in [-0.1, -0.05) is 30.3 Å². The topological polar surface area (TPSA) is 79.1 Å². The number of ether oxygens (including phenoxy) is 1. The molecule has 4 rings (SSSR count). The van der Waals surface area contributed by atoms with Crippen molar-refractivity contribution in [3.8, 4) is 5.75 Å². The predicted molar refractivity (Wildman–Crippen MR) is 121 cm³/mol. The van der Waals surface area contributed by atoms with Gasteiger partial charge in [-0.05, 0) is 56.3 Å². The van der Waals surface area contributed by atoms with Gasteiger partial charge in [0, 0.05) is 25.7 Å². The average Bonchev–Trinajstić information content (AvgIpc) is 3.33. The fraction of sp³-hybridized carbons (Fsp3) is 0.500. The lowest BCUT2D eigenvalue weighted by Crippen LogP contribution is -2.40. The van der Waals surface area contributed by atoms with E-state index in [1.165, 1.54) is 17.7 Å². The summed E-state index contributed by atoms with van der Waals surface area (Å²) in [5.41, 5.74) is 2.28. The zero-order valence-corrected chi connectivity index (χ0v) is 17.9. The van der Waals surface area contributed by atoms with Crippen LogP contribution in [0.2, 0.25) is 0 Å². The van der Waals surface area contributed by atoms with Crippen molar-refractivity contribution in [3.05, 3.63) is 64.2 Å². The zero-order valence-electron chi connectivity index (χ0n) is 17.9. The summed E-state index contributed by atoms with van der Waals surface area (Å²) in [6.45, 7) is 4.43. The van der Waals surface area contributed by atoms with Gasteiger partial charge in [0.25, 0.3) is 5.69 Å². The number of anilines is 1. The van der Waals surface area contributed by atoms with E-state index in [9.17, 15) is 15.2 Å². The minimum atomic E-state index is -0.640. The highest BCUT2D eigenvalue weighted by Crippen LogP contribution is 2.34. The van der Waals surface area contributed by atoms with Crippen LogP contribution in [0, 0.1) is 10.1 Å². The molecule has 7 heteroatoms. The average molecular weight is 426 g/mol. The van der Waals surface area contributed by atoms with Gasteiger partial charge in [-0.2, -0.15) is 0 Å². The molecule has 166 valence electrons. The van der Waals surface area contributed by atoms with Crippen LogP contribution in [-0.2, 0) is 0 Å². The standard InChI is InChI=1S/C24H31N3O4/c28-22(17-25-14-10-20(11-15-25)19-6-2-1-3-7-19)18-31-24-16-21(27(29)30)8-9-23(24)26-12-4-5-13-26/h1-3,6-9,16,20,22,28H,4-5,10-15,17-18H2. The van der Waals surface area contributed by atoms with Crippen molar-refractivity contribution >= 4 is 11.4 Å². The number of rotatable bonds is 8. The molecule has 2 fully saturated rings. The van der Waals surface area contributed by atoms with Gasteiger partial charge in [0.15, 0.2) is 0 Å². The van der Waals surface area contributed by atoms with E-state index >= 15 is 0 Å². The SMILES string of the molecule is O=[N+]([O-])c1ccc(N2CCCC2)c(OCC(O)CN2CCC(c3ccccc3)CC2)c1. The van der Waals surface area contributed by atoms with Crippen LogP contribution in [0.1, 0.15) is 37.2 Å². The van der Waals surface area contributed by atoms with Crippen LogP contribution < -0.4 is 9.64 Å². The van der Waals surface area contributed by atoms with Crippen molar-refractivity contribution in [2.45, 2.75) is 37.7 Å². The molecule has 0 amide bonds. The van der Waals surface area contributed by atoms with Gasteiger partial charge in [0.1, 0.15) is 18.5 Å². The van der Waals surface area contributed by atoms with Gasteiger partial charge in [-0.15, -0.1) is 0 Å². The molecule has 0 saturated carbocycles. The number of aliphatic hydroxyl groups is 1. The number of piperidine rings is 1. The van der Waals surface area contributed by atoms with E-state index in [0.717, 1.165) is 57.5 Å². The highest BCUT2D eigenvalue weighted by molar-refractivity contribution is 5.62. The maximum Gasteiger partial charge on any atom is 0.273 e. The molecule has 0 spiro atoms. The maximum absolute atomic E-state index is 11.2. The molecule has 7 nitrogen and oxygen atoms in total. The molecule has 0 aromatic heterocycles. The smallest absolute Gasteiger partial charge is 0.273 e. The summed E-state index contributed by atoms with van der Waals surface area (Å²) in [4.78, 5) is 15.3. The Hall–Kier alpha value is -2.64. The molecule has 2 aliphatic heterocycles. The summed E-state index contributed by atoms with van der Waals surface area (Å²) in [6, 6.07) is 15.4. The summed E-state index contributed by atoms with van der Waals surface area (Å²) in [7, 11) is 0. The molecular weight excluding hydrogens is 394 g/mol. The minimum Gasteiger partial charge on any atom is -0.488 e. The fourth-order valence-corrected chi connectivity index (χ4v) is 4.66. The Balaban J connectivity index is 1.31.